The molecule has 2 atom stereocenters. The summed E-state index contributed by atoms with van der Waals surface area (Å²) >= 11 is 6.05. The fourth-order valence-electron chi connectivity index (χ4n) is 2.23. The molecule has 2 unspecified atom stereocenters. The number of nitrogens with one attached hydrogen (secondary N) is 1. The average Bonchev–Trinajstić information content (AvgIpc) is 3.23. The molecule has 5 nitrogen and oxygen atoms in total. The minimum atomic E-state index is -0.923. The normalized spacial score (nSPS) is 20.6. The molecule has 0 spiro atoms. The number of halogens is 1. The van der Waals surface area contributed by atoms with Gasteiger partial charge in [-0.05, 0) is 30.7 Å². The second-order valence-electron chi connectivity index (χ2n) is 4.77. The van der Waals surface area contributed by atoms with Gasteiger partial charge in [0.15, 0.2) is 0 Å². The Labute approximate surface area is 119 Å². The zero-order valence-corrected chi connectivity index (χ0v) is 11.1. The molecule has 1 aliphatic rings. The molecule has 102 valence electrons. The van der Waals surface area contributed by atoms with Crippen molar-refractivity contribution >= 4 is 40.1 Å². The van der Waals surface area contributed by atoms with Crippen LogP contribution in [0.3, 0.4) is 0 Å². The summed E-state index contributed by atoms with van der Waals surface area (Å²) in [5.74, 6) is -2.21. The summed E-state index contributed by atoms with van der Waals surface area (Å²) in [5.41, 5.74) is 1.20. The van der Waals surface area contributed by atoms with Gasteiger partial charge in [-0.3, -0.25) is 14.6 Å². The van der Waals surface area contributed by atoms with E-state index in [1.54, 1.807) is 24.4 Å². The third-order valence-electron chi connectivity index (χ3n) is 3.42. The number of benzene rings is 1. The zero-order valence-electron chi connectivity index (χ0n) is 10.3. The fraction of sp³-hybridized carbons (Fsp3) is 0.214. The van der Waals surface area contributed by atoms with E-state index in [1.165, 1.54) is 0 Å². The van der Waals surface area contributed by atoms with Gasteiger partial charge >= 0.3 is 5.97 Å². The van der Waals surface area contributed by atoms with Gasteiger partial charge < -0.3 is 10.4 Å². The summed E-state index contributed by atoms with van der Waals surface area (Å²) < 4.78 is 0. The quantitative estimate of drug-likeness (QED) is 0.910. The van der Waals surface area contributed by atoms with E-state index in [9.17, 15) is 9.59 Å². The highest BCUT2D eigenvalue weighted by molar-refractivity contribution is 6.35. The SMILES string of the molecule is O=C(O)C1CC1C(=O)Nc1ccc(Cl)c2ncccc12. The predicted octanol–water partition coefficient (Wildman–Crippen LogP) is 2.55. The average molecular weight is 291 g/mol. The van der Waals surface area contributed by atoms with Crippen LogP contribution in [0.1, 0.15) is 6.42 Å². The van der Waals surface area contributed by atoms with Crippen molar-refractivity contribution in [3.8, 4) is 0 Å². The van der Waals surface area contributed by atoms with Crippen LogP contribution in [0.5, 0.6) is 0 Å². The van der Waals surface area contributed by atoms with Crippen molar-refractivity contribution in [1.82, 2.24) is 4.98 Å². The summed E-state index contributed by atoms with van der Waals surface area (Å²) in [5, 5.41) is 12.8. The van der Waals surface area contributed by atoms with Gasteiger partial charge in [0.05, 0.1) is 28.1 Å². The minimum Gasteiger partial charge on any atom is -0.481 e. The van der Waals surface area contributed by atoms with Gasteiger partial charge in [0, 0.05) is 11.6 Å². The van der Waals surface area contributed by atoms with Crippen molar-refractivity contribution in [1.29, 1.82) is 0 Å². The number of carboxylic acids is 1. The number of hydrogen-bond donors (Lipinski definition) is 2. The molecular formula is C14H11ClN2O3. The predicted molar refractivity (Wildman–Crippen MR) is 74.6 cm³/mol. The molecule has 20 heavy (non-hydrogen) atoms. The van der Waals surface area contributed by atoms with Crippen LogP contribution in [0.2, 0.25) is 5.02 Å². The van der Waals surface area contributed by atoms with E-state index in [0.29, 0.717) is 22.6 Å². The number of carboxylic acid groups (broad SMARTS) is 1. The molecule has 6 heteroatoms. The topological polar surface area (TPSA) is 79.3 Å². The second-order valence-corrected chi connectivity index (χ2v) is 5.18. The number of fused-ring (bicyclic) bond motifs is 1. The number of aromatic nitrogens is 1. The van der Waals surface area contributed by atoms with E-state index in [1.807, 2.05) is 6.07 Å². The molecule has 1 amide bonds. The Hall–Kier alpha value is -2.14. The molecule has 3 rings (SSSR count). The highest BCUT2D eigenvalue weighted by Gasteiger charge is 2.48. The highest BCUT2D eigenvalue weighted by atomic mass is 35.5. The van der Waals surface area contributed by atoms with E-state index in [0.717, 1.165) is 5.39 Å². The van der Waals surface area contributed by atoms with Gasteiger partial charge in [0.1, 0.15) is 0 Å². The number of rotatable bonds is 3. The molecule has 1 aromatic carbocycles. The summed E-state index contributed by atoms with van der Waals surface area (Å²) in [4.78, 5) is 26.9. The maximum Gasteiger partial charge on any atom is 0.307 e. The fourth-order valence-corrected chi connectivity index (χ4v) is 2.44. The number of aliphatic carboxylic acids is 1. The lowest BCUT2D eigenvalue weighted by Gasteiger charge is -2.09. The van der Waals surface area contributed by atoms with Crippen LogP contribution in [0.15, 0.2) is 30.5 Å². The first-order valence-corrected chi connectivity index (χ1v) is 6.52. The summed E-state index contributed by atoms with van der Waals surface area (Å²) in [6, 6.07) is 6.92. The first kappa shape index (κ1) is 12.9. The van der Waals surface area contributed by atoms with E-state index >= 15 is 0 Å². The number of carbonyl (C=O) groups excluding carboxylic acids is 1. The van der Waals surface area contributed by atoms with E-state index < -0.39 is 17.8 Å². The van der Waals surface area contributed by atoms with Crippen LogP contribution in [0.4, 0.5) is 5.69 Å². The maximum absolute atomic E-state index is 12.0. The largest absolute Gasteiger partial charge is 0.481 e. The molecule has 1 fully saturated rings. The van der Waals surface area contributed by atoms with E-state index in [4.69, 9.17) is 16.7 Å². The van der Waals surface area contributed by atoms with Gasteiger partial charge in [-0.2, -0.15) is 0 Å². The first-order chi connectivity index (χ1) is 9.58. The van der Waals surface area contributed by atoms with Crippen molar-refractivity contribution in [3.05, 3.63) is 35.5 Å². The van der Waals surface area contributed by atoms with Crippen LogP contribution in [0.25, 0.3) is 10.9 Å². The third-order valence-corrected chi connectivity index (χ3v) is 3.73. The summed E-state index contributed by atoms with van der Waals surface area (Å²) in [6.45, 7) is 0. The number of nitrogens with zero attached hydrogens (tertiary/aromatic N) is 1. The number of hydrogen-bond acceptors (Lipinski definition) is 3. The van der Waals surface area contributed by atoms with Crippen LogP contribution in [-0.2, 0) is 9.59 Å². The molecule has 0 radical (unpaired) electrons. The molecule has 2 N–H and O–H groups in total. The Morgan fingerprint density at radius 3 is 2.80 bits per heavy atom. The highest BCUT2D eigenvalue weighted by Crippen LogP contribution is 2.40. The summed E-state index contributed by atoms with van der Waals surface area (Å²) in [7, 11) is 0. The van der Waals surface area contributed by atoms with Gasteiger partial charge in [0.25, 0.3) is 0 Å². The lowest BCUT2D eigenvalue weighted by atomic mass is 10.1. The Morgan fingerprint density at radius 1 is 1.30 bits per heavy atom. The van der Waals surface area contributed by atoms with Crippen molar-refractivity contribution in [2.45, 2.75) is 6.42 Å². The summed E-state index contributed by atoms with van der Waals surface area (Å²) in [6.07, 6.45) is 2.02. The van der Waals surface area contributed by atoms with Gasteiger partial charge in [-0.25, -0.2) is 0 Å². The van der Waals surface area contributed by atoms with E-state index in [2.05, 4.69) is 10.3 Å². The zero-order chi connectivity index (χ0) is 14.3. The Balaban J connectivity index is 1.87. The van der Waals surface area contributed by atoms with Crippen molar-refractivity contribution in [2.24, 2.45) is 11.8 Å². The number of anilines is 1. The molecule has 2 aromatic rings. The Morgan fingerprint density at radius 2 is 2.10 bits per heavy atom. The van der Waals surface area contributed by atoms with Crippen LogP contribution >= 0.6 is 11.6 Å². The van der Waals surface area contributed by atoms with Crippen molar-refractivity contribution in [3.63, 3.8) is 0 Å². The standard InChI is InChI=1S/C14H11ClN2O3/c15-10-3-4-11(7-2-1-5-16-12(7)10)17-13(18)8-6-9(8)14(19)20/h1-5,8-9H,6H2,(H,17,18)(H,19,20). The molecule has 0 bridgehead atoms. The van der Waals surface area contributed by atoms with Crippen molar-refractivity contribution in [2.75, 3.05) is 5.32 Å². The number of amides is 1. The number of pyridine rings is 1. The monoisotopic (exact) mass is 290 g/mol. The smallest absolute Gasteiger partial charge is 0.307 e. The van der Waals surface area contributed by atoms with Gasteiger partial charge in [0.2, 0.25) is 5.91 Å². The lowest BCUT2D eigenvalue weighted by Crippen LogP contribution is -2.17. The molecule has 1 heterocycles. The van der Waals surface area contributed by atoms with Gasteiger partial charge in [-0.15, -0.1) is 0 Å². The van der Waals surface area contributed by atoms with Crippen LogP contribution in [-0.4, -0.2) is 22.0 Å². The van der Waals surface area contributed by atoms with Crippen LogP contribution < -0.4 is 5.32 Å². The maximum atomic E-state index is 12.0. The van der Waals surface area contributed by atoms with Crippen molar-refractivity contribution < 1.29 is 14.7 Å². The first-order valence-electron chi connectivity index (χ1n) is 6.15. The van der Waals surface area contributed by atoms with Crippen LogP contribution in [0, 0.1) is 11.8 Å². The third kappa shape index (κ3) is 2.20. The molecule has 1 aromatic heterocycles. The minimum absolute atomic E-state index is 0.273. The number of carbonyl (C=O) groups is 2. The van der Waals surface area contributed by atoms with Gasteiger partial charge in [-0.1, -0.05) is 11.6 Å². The molecule has 1 saturated carbocycles. The molecular weight excluding hydrogens is 280 g/mol. The van der Waals surface area contributed by atoms with E-state index in [-0.39, 0.29) is 5.91 Å². The molecule has 1 aliphatic carbocycles. The Bertz CT molecular complexity index is 717. The lowest BCUT2D eigenvalue weighted by molar-refractivity contribution is -0.139. The molecule has 0 aliphatic heterocycles. The second kappa shape index (κ2) is 4.76. The molecule has 0 saturated heterocycles. The Kier molecular flexibility index (Phi) is 3.06.